The fraction of sp³-hybridized carbons (Fsp3) is 0.0952. The summed E-state index contributed by atoms with van der Waals surface area (Å²) in [7, 11) is 0. The number of rotatable bonds is 7. The largest absolute Gasteiger partial charge is 0.489 e. The van der Waals surface area contributed by atoms with Crippen molar-refractivity contribution in [2.24, 2.45) is 0 Å². The number of nitrogens with zero attached hydrogens (tertiary/aromatic N) is 1. The first-order valence-corrected chi connectivity index (χ1v) is 8.75. The van der Waals surface area contributed by atoms with E-state index in [9.17, 15) is 14.9 Å². The Balaban J connectivity index is 1.69. The van der Waals surface area contributed by atoms with Crippen LogP contribution in [0.25, 0.3) is 0 Å². The number of hydrogen-bond donors (Lipinski definition) is 0. The van der Waals surface area contributed by atoms with Gasteiger partial charge in [-0.3, -0.25) is 14.9 Å². The number of para-hydroxylation sites is 1. The molecular formula is C21H16ClNO5. The summed E-state index contributed by atoms with van der Waals surface area (Å²) >= 11 is 6.03. The van der Waals surface area contributed by atoms with Crippen LogP contribution in [0.1, 0.15) is 22.8 Å². The highest BCUT2D eigenvalue weighted by Gasteiger charge is 2.19. The van der Waals surface area contributed by atoms with Crippen LogP contribution in [-0.4, -0.2) is 10.7 Å². The number of carbonyl (C=O) groups excluding carboxylic acids is 1. The molecule has 0 radical (unpaired) electrons. The second-order valence-corrected chi connectivity index (χ2v) is 6.37. The molecule has 7 heteroatoms. The average molecular weight is 398 g/mol. The molecule has 28 heavy (non-hydrogen) atoms. The smallest absolute Gasteiger partial charge is 0.313 e. The van der Waals surface area contributed by atoms with Gasteiger partial charge in [-0.2, -0.15) is 0 Å². The molecular weight excluding hydrogens is 382 g/mol. The van der Waals surface area contributed by atoms with Gasteiger partial charge in [-0.1, -0.05) is 41.9 Å². The first-order valence-electron chi connectivity index (χ1n) is 8.37. The van der Waals surface area contributed by atoms with E-state index in [1.54, 1.807) is 48.5 Å². The molecule has 0 aliphatic heterocycles. The molecule has 0 aliphatic rings. The van der Waals surface area contributed by atoms with Crippen molar-refractivity contribution in [1.82, 2.24) is 0 Å². The van der Waals surface area contributed by atoms with Crippen LogP contribution in [0.3, 0.4) is 0 Å². The van der Waals surface area contributed by atoms with Crippen molar-refractivity contribution in [3.63, 3.8) is 0 Å². The van der Waals surface area contributed by atoms with Crippen molar-refractivity contribution in [1.29, 1.82) is 0 Å². The Kier molecular flexibility index (Phi) is 5.91. The standard InChI is InChI=1S/C21H16ClNO5/c1-14(24)16-4-2-5-18(12-16)27-13-15-8-10-17(11-9-15)28-21-19(22)6-3-7-20(21)23(25)26/h2-12H,13H2,1H3. The maximum atomic E-state index is 11.4. The molecule has 0 atom stereocenters. The molecule has 0 saturated heterocycles. The van der Waals surface area contributed by atoms with Crippen LogP contribution >= 0.6 is 11.6 Å². The summed E-state index contributed by atoms with van der Waals surface area (Å²) in [6.45, 7) is 1.80. The molecule has 0 aromatic heterocycles. The third kappa shape index (κ3) is 4.66. The number of nitro groups is 1. The summed E-state index contributed by atoms with van der Waals surface area (Å²) in [6.07, 6.45) is 0. The van der Waals surface area contributed by atoms with Gasteiger partial charge in [0.05, 0.1) is 9.95 Å². The number of ketones is 1. The van der Waals surface area contributed by atoms with Crippen molar-refractivity contribution in [2.45, 2.75) is 13.5 Å². The average Bonchev–Trinajstić information content (AvgIpc) is 2.69. The van der Waals surface area contributed by atoms with E-state index in [4.69, 9.17) is 21.1 Å². The molecule has 0 unspecified atom stereocenters. The van der Waals surface area contributed by atoms with Crippen molar-refractivity contribution in [3.8, 4) is 17.2 Å². The lowest BCUT2D eigenvalue weighted by molar-refractivity contribution is -0.385. The topological polar surface area (TPSA) is 78.7 Å². The Hall–Kier alpha value is -3.38. The fourth-order valence-electron chi connectivity index (χ4n) is 2.49. The van der Waals surface area contributed by atoms with Gasteiger partial charge in [0.1, 0.15) is 18.1 Å². The minimum absolute atomic E-state index is 0.000727. The zero-order chi connectivity index (χ0) is 20.1. The van der Waals surface area contributed by atoms with Gasteiger partial charge in [-0.25, -0.2) is 0 Å². The van der Waals surface area contributed by atoms with Gasteiger partial charge in [0.15, 0.2) is 5.78 Å². The normalized spacial score (nSPS) is 10.4. The highest BCUT2D eigenvalue weighted by Crippen LogP contribution is 2.37. The number of carbonyl (C=O) groups is 1. The highest BCUT2D eigenvalue weighted by molar-refractivity contribution is 6.32. The summed E-state index contributed by atoms with van der Waals surface area (Å²) in [6, 6.07) is 18.2. The molecule has 0 saturated carbocycles. The van der Waals surface area contributed by atoms with Gasteiger partial charge in [0, 0.05) is 11.6 Å². The highest BCUT2D eigenvalue weighted by atomic mass is 35.5. The second kappa shape index (κ2) is 8.54. The minimum atomic E-state index is -0.543. The van der Waals surface area contributed by atoms with Gasteiger partial charge in [-0.05, 0) is 42.8 Å². The van der Waals surface area contributed by atoms with Crippen LogP contribution in [-0.2, 0) is 6.61 Å². The van der Waals surface area contributed by atoms with Crippen LogP contribution in [0, 0.1) is 10.1 Å². The molecule has 0 fully saturated rings. The Labute approximate surface area is 166 Å². The molecule has 0 spiro atoms. The van der Waals surface area contributed by atoms with Crippen molar-refractivity contribution >= 4 is 23.1 Å². The van der Waals surface area contributed by atoms with Gasteiger partial charge in [-0.15, -0.1) is 0 Å². The van der Waals surface area contributed by atoms with Crippen LogP contribution in [0.15, 0.2) is 66.7 Å². The van der Waals surface area contributed by atoms with E-state index in [0.717, 1.165) is 5.56 Å². The molecule has 0 amide bonds. The van der Waals surface area contributed by atoms with Gasteiger partial charge in [0.2, 0.25) is 5.75 Å². The number of ether oxygens (including phenoxy) is 2. The predicted octanol–water partition coefficient (Wildman–Crippen LogP) is 5.82. The summed E-state index contributed by atoms with van der Waals surface area (Å²) in [5.41, 5.74) is 1.25. The molecule has 142 valence electrons. The molecule has 0 heterocycles. The van der Waals surface area contributed by atoms with E-state index in [1.165, 1.54) is 25.1 Å². The summed E-state index contributed by atoms with van der Waals surface area (Å²) < 4.78 is 11.3. The van der Waals surface area contributed by atoms with Gasteiger partial charge < -0.3 is 9.47 Å². The predicted molar refractivity (Wildman–Crippen MR) is 105 cm³/mol. The number of benzene rings is 3. The monoisotopic (exact) mass is 397 g/mol. The lowest BCUT2D eigenvalue weighted by atomic mass is 10.1. The lowest BCUT2D eigenvalue weighted by Crippen LogP contribution is -1.98. The number of nitro benzene ring substituents is 1. The summed E-state index contributed by atoms with van der Waals surface area (Å²) in [5, 5.41) is 11.3. The van der Waals surface area contributed by atoms with E-state index in [-0.39, 0.29) is 22.2 Å². The molecule has 0 aliphatic carbocycles. The number of Topliss-reactive ketones (excluding diaryl/α,β-unsaturated/α-hetero) is 1. The third-order valence-electron chi connectivity index (χ3n) is 3.93. The zero-order valence-corrected chi connectivity index (χ0v) is 15.7. The summed E-state index contributed by atoms with van der Waals surface area (Å²) in [4.78, 5) is 22.0. The molecule has 0 bridgehead atoms. The van der Waals surface area contributed by atoms with Crippen LogP contribution in [0.2, 0.25) is 5.02 Å². The molecule has 0 N–H and O–H groups in total. The zero-order valence-electron chi connectivity index (χ0n) is 14.9. The SMILES string of the molecule is CC(=O)c1cccc(OCc2ccc(Oc3c(Cl)cccc3[N+](=O)[O-])cc2)c1. The maximum absolute atomic E-state index is 11.4. The number of hydrogen-bond acceptors (Lipinski definition) is 5. The molecule has 3 rings (SSSR count). The van der Waals surface area contributed by atoms with E-state index < -0.39 is 4.92 Å². The Bertz CT molecular complexity index is 1020. The molecule has 6 nitrogen and oxygen atoms in total. The quantitative estimate of drug-likeness (QED) is 0.285. The maximum Gasteiger partial charge on any atom is 0.313 e. The minimum Gasteiger partial charge on any atom is -0.489 e. The van der Waals surface area contributed by atoms with Gasteiger partial charge in [0.25, 0.3) is 0 Å². The molecule has 3 aromatic carbocycles. The van der Waals surface area contributed by atoms with Crippen molar-refractivity contribution in [3.05, 3.63) is 93.0 Å². The van der Waals surface area contributed by atoms with Crippen molar-refractivity contribution in [2.75, 3.05) is 0 Å². The van der Waals surface area contributed by atoms with E-state index in [2.05, 4.69) is 0 Å². The fourth-order valence-corrected chi connectivity index (χ4v) is 2.69. The van der Waals surface area contributed by atoms with Crippen LogP contribution in [0.5, 0.6) is 17.2 Å². The van der Waals surface area contributed by atoms with Crippen LogP contribution in [0.4, 0.5) is 5.69 Å². The Morgan fingerprint density at radius 2 is 1.75 bits per heavy atom. The van der Waals surface area contributed by atoms with E-state index in [1.807, 2.05) is 0 Å². The van der Waals surface area contributed by atoms with Crippen molar-refractivity contribution < 1.29 is 19.2 Å². The Morgan fingerprint density at radius 3 is 2.43 bits per heavy atom. The Morgan fingerprint density at radius 1 is 1.04 bits per heavy atom. The third-order valence-corrected chi connectivity index (χ3v) is 4.23. The summed E-state index contributed by atoms with van der Waals surface area (Å²) in [5.74, 6) is 0.984. The van der Waals surface area contributed by atoms with E-state index in [0.29, 0.717) is 23.7 Å². The first kappa shape index (κ1) is 19.4. The number of halogens is 1. The van der Waals surface area contributed by atoms with E-state index >= 15 is 0 Å². The second-order valence-electron chi connectivity index (χ2n) is 5.96. The lowest BCUT2D eigenvalue weighted by Gasteiger charge is -2.10. The van der Waals surface area contributed by atoms with Crippen LogP contribution < -0.4 is 9.47 Å². The first-order chi connectivity index (χ1) is 13.4. The van der Waals surface area contributed by atoms with Gasteiger partial charge >= 0.3 is 5.69 Å². The molecule has 3 aromatic rings.